The predicted octanol–water partition coefficient (Wildman–Crippen LogP) is 3.80. The first-order chi connectivity index (χ1) is 9.03. The van der Waals surface area contributed by atoms with Gasteiger partial charge in [-0.15, -0.1) is 0 Å². The zero-order valence-corrected chi connectivity index (χ0v) is 13.4. The van der Waals surface area contributed by atoms with Crippen LogP contribution < -0.4 is 5.73 Å². The largest absolute Gasteiger partial charge is 0.330 e. The zero-order valence-electron chi connectivity index (χ0n) is 13.4. The highest BCUT2D eigenvalue weighted by Crippen LogP contribution is 2.54. The molecule has 2 fully saturated rings. The summed E-state index contributed by atoms with van der Waals surface area (Å²) in [4.78, 5) is 2.79. The van der Waals surface area contributed by atoms with Crippen molar-refractivity contribution in [1.29, 1.82) is 0 Å². The van der Waals surface area contributed by atoms with Crippen molar-refractivity contribution in [1.82, 2.24) is 4.90 Å². The van der Waals surface area contributed by atoms with Gasteiger partial charge in [-0.2, -0.15) is 0 Å². The minimum absolute atomic E-state index is 0.265. The van der Waals surface area contributed by atoms with Gasteiger partial charge in [0.25, 0.3) is 0 Å². The molecule has 0 amide bonds. The number of hydrogen-bond acceptors (Lipinski definition) is 2. The van der Waals surface area contributed by atoms with E-state index in [1.54, 1.807) is 0 Å². The van der Waals surface area contributed by atoms with Crippen LogP contribution in [0.4, 0.5) is 0 Å². The highest BCUT2D eigenvalue weighted by atomic mass is 15.2. The maximum atomic E-state index is 5.95. The van der Waals surface area contributed by atoms with Crippen LogP contribution in [0, 0.1) is 10.8 Å². The van der Waals surface area contributed by atoms with Gasteiger partial charge in [-0.1, -0.05) is 40.0 Å². The summed E-state index contributed by atoms with van der Waals surface area (Å²) in [5, 5.41) is 0. The highest BCUT2D eigenvalue weighted by molar-refractivity contribution is 5.03. The van der Waals surface area contributed by atoms with Crippen LogP contribution in [-0.2, 0) is 0 Å². The Labute approximate surface area is 120 Å². The van der Waals surface area contributed by atoms with Crippen molar-refractivity contribution in [2.45, 2.75) is 78.2 Å². The third-order valence-corrected chi connectivity index (χ3v) is 5.61. The lowest BCUT2D eigenvalue weighted by molar-refractivity contribution is -0.0639. The molecule has 2 aliphatic rings. The molecular weight excluding hydrogens is 232 g/mol. The topological polar surface area (TPSA) is 29.3 Å². The molecule has 112 valence electrons. The molecule has 0 aromatic carbocycles. The maximum absolute atomic E-state index is 5.95. The van der Waals surface area contributed by atoms with Crippen molar-refractivity contribution in [3.63, 3.8) is 0 Å². The Hall–Kier alpha value is -0.0800. The minimum atomic E-state index is 0.265. The van der Waals surface area contributed by atoms with E-state index in [1.165, 1.54) is 64.5 Å². The summed E-state index contributed by atoms with van der Waals surface area (Å²) in [5.41, 5.74) is 6.91. The van der Waals surface area contributed by atoms with Gasteiger partial charge < -0.3 is 5.73 Å². The van der Waals surface area contributed by atoms with Gasteiger partial charge in [0.1, 0.15) is 0 Å². The summed E-state index contributed by atoms with van der Waals surface area (Å²) < 4.78 is 0. The molecule has 1 unspecified atom stereocenters. The summed E-state index contributed by atoms with van der Waals surface area (Å²) in [6.45, 7) is 10.2. The molecule has 0 aromatic rings. The first-order valence-corrected chi connectivity index (χ1v) is 8.47. The quantitative estimate of drug-likeness (QED) is 0.792. The minimum Gasteiger partial charge on any atom is -0.330 e. The Balaban J connectivity index is 2.02. The zero-order chi connectivity index (χ0) is 13.9. The van der Waals surface area contributed by atoms with E-state index < -0.39 is 0 Å². The lowest BCUT2D eigenvalue weighted by Crippen LogP contribution is -2.58. The standard InChI is InChI=1S/C17H34N2/c1-4-12-19(14-16(2,3)13-18)15-8-11-17(15)9-6-5-7-10-17/h15H,4-14,18H2,1-3H3. The monoisotopic (exact) mass is 266 g/mol. The van der Waals surface area contributed by atoms with Crippen LogP contribution in [0.3, 0.4) is 0 Å². The Kier molecular flexibility index (Phi) is 4.94. The van der Waals surface area contributed by atoms with Crippen molar-refractivity contribution >= 4 is 0 Å². The van der Waals surface area contributed by atoms with Gasteiger partial charge in [-0.05, 0) is 56.0 Å². The molecule has 0 saturated heterocycles. The Morgan fingerprint density at radius 2 is 1.84 bits per heavy atom. The fourth-order valence-corrected chi connectivity index (χ4v) is 4.34. The number of hydrogen-bond donors (Lipinski definition) is 1. The van der Waals surface area contributed by atoms with E-state index in [9.17, 15) is 0 Å². The van der Waals surface area contributed by atoms with Crippen LogP contribution in [0.15, 0.2) is 0 Å². The first kappa shape index (κ1) is 15.3. The Morgan fingerprint density at radius 1 is 1.16 bits per heavy atom. The van der Waals surface area contributed by atoms with Crippen molar-refractivity contribution < 1.29 is 0 Å². The molecule has 19 heavy (non-hydrogen) atoms. The van der Waals surface area contributed by atoms with E-state index in [1.807, 2.05) is 0 Å². The fourth-order valence-electron chi connectivity index (χ4n) is 4.34. The van der Waals surface area contributed by atoms with E-state index in [-0.39, 0.29) is 5.41 Å². The van der Waals surface area contributed by atoms with Crippen LogP contribution in [0.1, 0.15) is 72.1 Å². The first-order valence-electron chi connectivity index (χ1n) is 8.47. The molecule has 0 aromatic heterocycles. The van der Waals surface area contributed by atoms with Crippen LogP contribution in [0.2, 0.25) is 0 Å². The molecule has 2 aliphatic carbocycles. The van der Waals surface area contributed by atoms with E-state index in [2.05, 4.69) is 25.7 Å². The normalized spacial score (nSPS) is 26.7. The molecule has 2 N–H and O–H groups in total. The number of nitrogens with two attached hydrogens (primary N) is 1. The second-order valence-corrected chi connectivity index (χ2v) is 7.82. The average molecular weight is 266 g/mol. The van der Waals surface area contributed by atoms with E-state index in [4.69, 9.17) is 5.73 Å². The molecule has 2 heteroatoms. The molecule has 2 nitrogen and oxygen atoms in total. The van der Waals surface area contributed by atoms with E-state index in [0.717, 1.165) is 12.6 Å². The van der Waals surface area contributed by atoms with Gasteiger partial charge in [-0.3, -0.25) is 4.90 Å². The molecule has 0 aliphatic heterocycles. The summed E-state index contributed by atoms with van der Waals surface area (Å²) >= 11 is 0. The van der Waals surface area contributed by atoms with Crippen LogP contribution in [-0.4, -0.2) is 30.6 Å². The number of nitrogens with zero attached hydrogens (tertiary/aromatic N) is 1. The second kappa shape index (κ2) is 6.13. The van der Waals surface area contributed by atoms with Gasteiger partial charge in [0.05, 0.1) is 0 Å². The third kappa shape index (κ3) is 3.33. The van der Waals surface area contributed by atoms with Crippen molar-refractivity contribution in [3.8, 4) is 0 Å². The van der Waals surface area contributed by atoms with Crippen LogP contribution in [0.25, 0.3) is 0 Å². The number of rotatable bonds is 6. The van der Waals surface area contributed by atoms with Crippen LogP contribution >= 0.6 is 0 Å². The average Bonchev–Trinajstić information content (AvgIpc) is 2.38. The second-order valence-electron chi connectivity index (χ2n) is 7.82. The van der Waals surface area contributed by atoms with Crippen LogP contribution in [0.5, 0.6) is 0 Å². The highest BCUT2D eigenvalue weighted by Gasteiger charge is 2.49. The Bertz CT molecular complexity index is 279. The van der Waals surface area contributed by atoms with Gasteiger partial charge in [-0.25, -0.2) is 0 Å². The summed E-state index contributed by atoms with van der Waals surface area (Å²) in [7, 11) is 0. The maximum Gasteiger partial charge on any atom is 0.0152 e. The van der Waals surface area contributed by atoms with E-state index >= 15 is 0 Å². The lowest BCUT2D eigenvalue weighted by Gasteiger charge is -2.57. The van der Waals surface area contributed by atoms with Crippen molar-refractivity contribution in [2.75, 3.05) is 19.6 Å². The summed E-state index contributed by atoms with van der Waals surface area (Å²) in [6, 6.07) is 0.860. The Morgan fingerprint density at radius 3 is 2.32 bits per heavy atom. The van der Waals surface area contributed by atoms with Gasteiger partial charge in [0, 0.05) is 12.6 Å². The molecule has 0 bridgehead atoms. The van der Waals surface area contributed by atoms with Gasteiger partial charge in [0.2, 0.25) is 0 Å². The predicted molar refractivity (Wildman–Crippen MR) is 83.2 cm³/mol. The molecule has 0 heterocycles. The SMILES string of the molecule is CCCN(CC(C)(C)CN)C1CCC12CCCCC2. The van der Waals surface area contributed by atoms with Crippen molar-refractivity contribution in [3.05, 3.63) is 0 Å². The van der Waals surface area contributed by atoms with Gasteiger partial charge >= 0.3 is 0 Å². The lowest BCUT2D eigenvalue weighted by atomic mass is 9.56. The summed E-state index contributed by atoms with van der Waals surface area (Å²) in [5.74, 6) is 0. The van der Waals surface area contributed by atoms with Gasteiger partial charge in [0.15, 0.2) is 0 Å². The molecule has 1 spiro atoms. The fraction of sp³-hybridized carbons (Fsp3) is 1.00. The molecule has 1 atom stereocenters. The molecular formula is C17H34N2. The molecule has 0 radical (unpaired) electrons. The van der Waals surface area contributed by atoms with E-state index in [0.29, 0.717) is 5.41 Å². The molecule has 2 saturated carbocycles. The third-order valence-electron chi connectivity index (χ3n) is 5.61. The van der Waals surface area contributed by atoms with Crippen molar-refractivity contribution in [2.24, 2.45) is 16.6 Å². The smallest absolute Gasteiger partial charge is 0.0152 e. The summed E-state index contributed by atoms with van der Waals surface area (Å²) in [6.07, 6.45) is 11.6. The molecule has 2 rings (SSSR count).